The Hall–Kier alpha value is -2.50. The van der Waals surface area contributed by atoms with Gasteiger partial charge in [-0.3, -0.25) is 0 Å². The topological polar surface area (TPSA) is 37.4 Å². The lowest BCUT2D eigenvalue weighted by molar-refractivity contribution is 0.263. The predicted octanol–water partition coefficient (Wildman–Crippen LogP) is 5.83. The SMILES string of the molecule is Cc1ccc(F)cc1S(=O)(=O)N1CCC(CCc2ccc(-c3ccccc3)cc2)CC1. The molecule has 0 saturated carbocycles. The predicted molar refractivity (Wildman–Crippen MR) is 123 cm³/mol. The van der Waals surface area contributed by atoms with Crippen LogP contribution in [0, 0.1) is 18.7 Å². The van der Waals surface area contributed by atoms with Crippen molar-refractivity contribution in [1.82, 2.24) is 4.31 Å². The van der Waals surface area contributed by atoms with E-state index in [0.717, 1.165) is 31.7 Å². The second kappa shape index (κ2) is 9.33. The Bertz CT molecular complexity index is 1120. The molecule has 1 aliphatic rings. The normalized spacial score (nSPS) is 15.8. The first-order chi connectivity index (χ1) is 14.9. The molecule has 3 nitrogen and oxygen atoms in total. The van der Waals surface area contributed by atoms with E-state index < -0.39 is 15.8 Å². The van der Waals surface area contributed by atoms with Crippen LogP contribution in [0.25, 0.3) is 11.1 Å². The highest BCUT2D eigenvalue weighted by atomic mass is 32.2. The minimum Gasteiger partial charge on any atom is -0.207 e. The summed E-state index contributed by atoms with van der Waals surface area (Å²) >= 11 is 0. The van der Waals surface area contributed by atoms with Gasteiger partial charge in [-0.15, -0.1) is 0 Å². The number of hydrogen-bond donors (Lipinski definition) is 0. The first kappa shape index (κ1) is 21.7. The van der Waals surface area contributed by atoms with Gasteiger partial charge in [-0.25, -0.2) is 12.8 Å². The third-order valence-electron chi connectivity index (χ3n) is 6.24. The molecule has 0 aliphatic carbocycles. The van der Waals surface area contributed by atoms with E-state index in [-0.39, 0.29) is 4.90 Å². The number of benzene rings is 3. The third-order valence-corrected chi connectivity index (χ3v) is 8.28. The maximum Gasteiger partial charge on any atom is 0.243 e. The first-order valence-electron chi connectivity index (χ1n) is 10.8. The molecule has 0 spiro atoms. The zero-order valence-corrected chi connectivity index (χ0v) is 18.6. The number of halogens is 1. The number of sulfonamides is 1. The first-order valence-corrected chi connectivity index (χ1v) is 12.3. The van der Waals surface area contributed by atoms with Gasteiger partial charge in [0.2, 0.25) is 10.0 Å². The molecular formula is C26H28FNO2S. The van der Waals surface area contributed by atoms with Gasteiger partial charge in [-0.2, -0.15) is 4.31 Å². The monoisotopic (exact) mass is 437 g/mol. The van der Waals surface area contributed by atoms with Gasteiger partial charge in [0.15, 0.2) is 0 Å². The van der Waals surface area contributed by atoms with Crippen molar-refractivity contribution in [2.45, 2.75) is 37.5 Å². The summed E-state index contributed by atoms with van der Waals surface area (Å²) in [5.74, 6) is -0.00815. The number of aryl methyl sites for hydroxylation is 2. The largest absolute Gasteiger partial charge is 0.243 e. The second-order valence-electron chi connectivity index (χ2n) is 8.36. The molecule has 3 aromatic rings. The van der Waals surface area contributed by atoms with Crippen molar-refractivity contribution in [1.29, 1.82) is 0 Å². The van der Waals surface area contributed by atoms with Gasteiger partial charge >= 0.3 is 0 Å². The highest BCUT2D eigenvalue weighted by Gasteiger charge is 2.30. The number of rotatable bonds is 6. The van der Waals surface area contributed by atoms with Crippen molar-refractivity contribution in [2.75, 3.05) is 13.1 Å². The summed E-state index contributed by atoms with van der Waals surface area (Å²) in [5, 5.41) is 0. The molecule has 1 fully saturated rings. The van der Waals surface area contributed by atoms with Gasteiger partial charge in [0.05, 0.1) is 4.90 Å². The summed E-state index contributed by atoms with van der Waals surface area (Å²) < 4.78 is 41.0. The van der Waals surface area contributed by atoms with Crippen LogP contribution in [-0.2, 0) is 16.4 Å². The number of nitrogens with zero attached hydrogens (tertiary/aromatic N) is 1. The molecule has 4 rings (SSSR count). The number of piperidine rings is 1. The molecule has 1 saturated heterocycles. The van der Waals surface area contributed by atoms with Crippen LogP contribution in [0.2, 0.25) is 0 Å². The van der Waals surface area contributed by atoms with Gasteiger partial charge in [0, 0.05) is 13.1 Å². The fraction of sp³-hybridized carbons (Fsp3) is 0.308. The number of hydrogen-bond acceptors (Lipinski definition) is 2. The van der Waals surface area contributed by atoms with Crippen molar-refractivity contribution >= 4 is 10.0 Å². The van der Waals surface area contributed by atoms with E-state index in [2.05, 4.69) is 36.4 Å². The zero-order valence-electron chi connectivity index (χ0n) is 17.8. The van der Waals surface area contributed by atoms with Crippen LogP contribution in [0.4, 0.5) is 4.39 Å². The molecule has 0 bridgehead atoms. The highest BCUT2D eigenvalue weighted by molar-refractivity contribution is 7.89. The van der Waals surface area contributed by atoms with Gasteiger partial charge in [-0.05, 0) is 72.9 Å². The van der Waals surface area contributed by atoms with Crippen LogP contribution in [-0.4, -0.2) is 25.8 Å². The summed E-state index contributed by atoms with van der Waals surface area (Å²) in [6.07, 6.45) is 3.73. The fourth-order valence-corrected chi connectivity index (χ4v) is 6.00. The van der Waals surface area contributed by atoms with Gasteiger partial charge in [0.1, 0.15) is 5.82 Å². The summed E-state index contributed by atoms with van der Waals surface area (Å²) in [7, 11) is -3.64. The molecule has 31 heavy (non-hydrogen) atoms. The van der Waals surface area contributed by atoms with Crippen molar-refractivity contribution in [2.24, 2.45) is 5.92 Å². The summed E-state index contributed by atoms with van der Waals surface area (Å²) in [4.78, 5) is 0.0875. The van der Waals surface area contributed by atoms with Gasteiger partial charge in [-0.1, -0.05) is 60.7 Å². The Labute approximate surface area is 184 Å². The van der Waals surface area contributed by atoms with Gasteiger partial charge < -0.3 is 0 Å². The lowest BCUT2D eigenvalue weighted by Crippen LogP contribution is -2.38. The lowest BCUT2D eigenvalue weighted by atomic mass is 9.91. The molecule has 5 heteroatoms. The molecular weight excluding hydrogens is 409 g/mol. The third kappa shape index (κ3) is 5.05. The average Bonchev–Trinajstić information content (AvgIpc) is 2.80. The summed E-state index contributed by atoms with van der Waals surface area (Å²) in [6.45, 7) is 2.70. The maximum absolute atomic E-state index is 13.6. The second-order valence-corrected chi connectivity index (χ2v) is 10.3. The van der Waals surface area contributed by atoms with E-state index in [1.807, 2.05) is 18.2 Å². The van der Waals surface area contributed by atoms with Crippen molar-refractivity contribution in [3.8, 4) is 11.1 Å². The Morgan fingerprint density at radius 3 is 2.23 bits per heavy atom. The smallest absolute Gasteiger partial charge is 0.207 e. The Morgan fingerprint density at radius 2 is 1.55 bits per heavy atom. The Balaban J connectivity index is 1.32. The lowest BCUT2D eigenvalue weighted by Gasteiger charge is -2.31. The van der Waals surface area contributed by atoms with E-state index in [1.54, 1.807) is 6.92 Å². The molecule has 0 radical (unpaired) electrons. The van der Waals surface area contributed by atoms with Crippen LogP contribution in [0.5, 0.6) is 0 Å². The molecule has 3 aromatic carbocycles. The minimum absolute atomic E-state index is 0.0875. The molecule has 1 aliphatic heterocycles. The van der Waals surface area contributed by atoms with Crippen LogP contribution >= 0.6 is 0 Å². The van der Waals surface area contributed by atoms with E-state index in [0.29, 0.717) is 24.6 Å². The van der Waals surface area contributed by atoms with Crippen molar-refractivity contribution in [3.05, 3.63) is 89.7 Å². The molecule has 0 unspecified atom stereocenters. The van der Waals surface area contributed by atoms with E-state index in [1.165, 1.54) is 33.1 Å². The highest BCUT2D eigenvalue weighted by Crippen LogP contribution is 2.28. The van der Waals surface area contributed by atoms with E-state index in [4.69, 9.17) is 0 Å². The standard InChI is InChI=1S/C26H28FNO2S/c1-20-7-14-25(27)19-26(20)31(29,30)28-17-15-22(16-18-28)9-8-21-10-12-24(13-11-21)23-5-3-2-4-6-23/h2-7,10-14,19,22H,8-9,15-18H2,1H3. The Kier molecular flexibility index (Phi) is 6.54. The molecule has 0 aromatic heterocycles. The van der Waals surface area contributed by atoms with Gasteiger partial charge in [0.25, 0.3) is 0 Å². The van der Waals surface area contributed by atoms with E-state index in [9.17, 15) is 12.8 Å². The molecule has 0 amide bonds. The van der Waals surface area contributed by atoms with Crippen LogP contribution < -0.4 is 0 Å². The molecule has 0 N–H and O–H groups in total. The molecule has 1 heterocycles. The summed E-state index contributed by atoms with van der Waals surface area (Å²) in [6, 6.07) is 23.0. The van der Waals surface area contributed by atoms with Crippen LogP contribution in [0.3, 0.4) is 0 Å². The minimum atomic E-state index is -3.64. The fourth-order valence-electron chi connectivity index (χ4n) is 4.29. The van der Waals surface area contributed by atoms with Crippen LogP contribution in [0.1, 0.15) is 30.4 Å². The molecule has 162 valence electrons. The quantitative estimate of drug-likeness (QED) is 0.486. The van der Waals surface area contributed by atoms with E-state index >= 15 is 0 Å². The van der Waals surface area contributed by atoms with Crippen LogP contribution in [0.15, 0.2) is 77.7 Å². The maximum atomic E-state index is 13.6. The zero-order chi connectivity index (χ0) is 21.8. The Morgan fingerprint density at radius 1 is 0.903 bits per heavy atom. The van der Waals surface area contributed by atoms with Crippen molar-refractivity contribution < 1.29 is 12.8 Å². The summed E-state index contributed by atoms with van der Waals surface area (Å²) in [5.41, 5.74) is 4.33. The average molecular weight is 438 g/mol. The van der Waals surface area contributed by atoms with Crippen molar-refractivity contribution in [3.63, 3.8) is 0 Å². The molecule has 0 atom stereocenters.